The van der Waals surface area contributed by atoms with Gasteiger partial charge in [0.2, 0.25) is 15.9 Å². The van der Waals surface area contributed by atoms with E-state index in [9.17, 15) is 13.2 Å². The molecule has 1 saturated heterocycles. The third kappa shape index (κ3) is 4.69. The number of amides is 1. The highest BCUT2D eigenvalue weighted by Crippen LogP contribution is 2.34. The molecule has 1 atom stereocenters. The van der Waals surface area contributed by atoms with Gasteiger partial charge in [0.25, 0.3) is 0 Å². The number of hydrogen-bond donors (Lipinski definition) is 1. The van der Waals surface area contributed by atoms with Gasteiger partial charge >= 0.3 is 0 Å². The summed E-state index contributed by atoms with van der Waals surface area (Å²) >= 11 is 6.06. The summed E-state index contributed by atoms with van der Waals surface area (Å²) in [4.78, 5) is 12.2. The summed E-state index contributed by atoms with van der Waals surface area (Å²) in [6.07, 6.45) is 4.47. The third-order valence-corrected chi connectivity index (χ3v) is 7.66. The summed E-state index contributed by atoms with van der Waals surface area (Å²) in [5.74, 6) is 0.708. The Morgan fingerprint density at radius 3 is 2.77 bits per heavy atom. The molecule has 0 radical (unpaired) electrons. The summed E-state index contributed by atoms with van der Waals surface area (Å²) in [7, 11) is -1.58. The SMILES string of the molecule is COc1ccc(NC(=O)CC[C@@H]2CCCN(S(=O)(=O)C3CC3)C2)cc1Cl. The van der Waals surface area contributed by atoms with Crippen LogP contribution in [0.15, 0.2) is 18.2 Å². The first-order valence-corrected chi connectivity index (χ1v) is 10.9. The molecule has 1 aliphatic carbocycles. The lowest BCUT2D eigenvalue weighted by atomic mass is 9.94. The zero-order chi connectivity index (χ0) is 18.7. The molecule has 2 aliphatic rings. The van der Waals surface area contributed by atoms with Crippen molar-refractivity contribution in [3.8, 4) is 5.75 Å². The highest BCUT2D eigenvalue weighted by molar-refractivity contribution is 7.90. The number of benzene rings is 1. The van der Waals surface area contributed by atoms with Crippen LogP contribution in [0.3, 0.4) is 0 Å². The zero-order valence-electron chi connectivity index (χ0n) is 14.9. The van der Waals surface area contributed by atoms with Crippen molar-refractivity contribution in [2.24, 2.45) is 5.92 Å². The fourth-order valence-electron chi connectivity index (χ4n) is 3.37. The van der Waals surface area contributed by atoms with Crippen LogP contribution in [0, 0.1) is 5.92 Å². The molecule has 1 amide bonds. The average Bonchev–Trinajstić information content (AvgIpc) is 3.46. The molecule has 0 bridgehead atoms. The van der Waals surface area contributed by atoms with Gasteiger partial charge in [-0.25, -0.2) is 12.7 Å². The highest BCUT2D eigenvalue weighted by Gasteiger charge is 2.41. The number of sulfonamides is 1. The van der Waals surface area contributed by atoms with Crippen molar-refractivity contribution in [1.82, 2.24) is 4.31 Å². The fraction of sp³-hybridized carbons (Fsp3) is 0.611. The topological polar surface area (TPSA) is 75.7 Å². The van der Waals surface area contributed by atoms with Gasteiger partial charge in [-0.3, -0.25) is 4.79 Å². The van der Waals surface area contributed by atoms with Gasteiger partial charge < -0.3 is 10.1 Å². The minimum Gasteiger partial charge on any atom is -0.495 e. The molecule has 1 heterocycles. The predicted octanol–water partition coefficient (Wildman–Crippen LogP) is 3.27. The molecule has 1 N–H and O–H groups in total. The number of ether oxygens (including phenoxy) is 1. The number of halogens is 1. The van der Waals surface area contributed by atoms with Gasteiger partial charge in [-0.15, -0.1) is 0 Å². The van der Waals surface area contributed by atoms with Crippen molar-refractivity contribution < 1.29 is 17.9 Å². The van der Waals surface area contributed by atoms with Gasteiger partial charge in [-0.05, 0) is 56.2 Å². The lowest BCUT2D eigenvalue weighted by Crippen LogP contribution is -2.41. The highest BCUT2D eigenvalue weighted by atomic mass is 35.5. The first-order valence-electron chi connectivity index (χ1n) is 9.02. The fourth-order valence-corrected chi connectivity index (χ4v) is 5.59. The van der Waals surface area contributed by atoms with E-state index in [0.717, 1.165) is 25.7 Å². The van der Waals surface area contributed by atoms with Crippen molar-refractivity contribution >= 4 is 33.2 Å². The van der Waals surface area contributed by atoms with Gasteiger partial charge in [-0.2, -0.15) is 0 Å². The van der Waals surface area contributed by atoms with Crippen molar-refractivity contribution in [3.05, 3.63) is 23.2 Å². The Bertz CT molecular complexity index is 764. The molecule has 0 aromatic heterocycles. The van der Waals surface area contributed by atoms with Gasteiger partial charge in [0, 0.05) is 25.2 Å². The molecular formula is C18H25ClN2O4S. The number of rotatable bonds is 7. The molecule has 0 spiro atoms. The van der Waals surface area contributed by atoms with Crippen molar-refractivity contribution in [3.63, 3.8) is 0 Å². The Hall–Kier alpha value is -1.31. The number of methoxy groups -OCH3 is 1. The van der Waals surface area contributed by atoms with Crippen molar-refractivity contribution in [2.75, 3.05) is 25.5 Å². The Morgan fingerprint density at radius 1 is 1.35 bits per heavy atom. The van der Waals surface area contributed by atoms with Crippen molar-refractivity contribution in [1.29, 1.82) is 0 Å². The van der Waals surface area contributed by atoms with E-state index in [4.69, 9.17) is 16.3 Å². The maximum absolute atomic E-state index is 12.4. The van der Waals surface area contributed by atoms with E-state index in [2.05, 4.69) is 5.32 Å². The first-order chi connectivity index (χ1) is 12.4. The number of nitrogens with zero attached hydrogens (tertiary/aromatic N) is 1. The molecule has 1 aromatic carbocycles. The van der Waals surface area contributed by atoms with Crippen LogP contribution in [0.4, 0.5) is 5.69 Å². The molecule has 1 aromatic rings. The lowest BCUT2D eigenvalue weighted by molar-refractivity contribution is -0.116. The second-order valence-corrected chi connectivity index (χ2v) is 9.67. The van der Waals surface area contributed by atoms with E-state index >= 15 is 0 Å². The summed E-state index contributed by atoms with van der Waals surface area (Å²) < 4.78 is 31.5. The van der Waals surface area contributed by atoms with Crippen LogP contribution in [-0.2, 0) is 14.8 Å². The van der Waals surface area contributed by atoms with Gasteiger partial charge in [0.15, 0.2) is 0 Å². The van der Waals surface area contributed by atoms with Gasteiger partial charge in [0.05, 0.1) is 17.4 Å². The summed E-state index contributed by atoms with van der Waals surface area (Å²) in [5.41, 5.74) is 0.627. The van der Waals surface area contributed by atoms with Crippen LogP contribution in [0.2, 0.25) is 5.02 Å². The molecular weight excluding hydrogens is 376 g/mol. The smallest absolute Gasteiger partial charge is 0.224 e. The number of anilines is 1. The zero-order valence-corrected chi connectivity index (χ0v) is 16.5. The number of nitrogens with one attached hydrogen (secondary N) is 1. The van der Waals surface area contributed by atoms with E-state index in [1.807, 2.05) is 0 Å². The average molecular weight is 401 g/mol. The minimum atomic E-state index is -3.11. The van der Waals surface area contributed by atoms with Gasteiger partial charge in [0.1, 0.15) is 5.75 Å². The maximum Gasteiger partial charge on any atom is 0.224 e. The molecule has 6 nitrogen and oxygen atoms in total. The molecule has 1 aliphatic heterocycles. The second-order valence-electron chi connectivity index (χ2n) is 7.05. The largest absolute Gasteiger partial charge is 0.495 e. The number of carbonyl (C=O) groups excluding carboxylic acids is 1. The third-order valence-electron chi connectivity index (χ3n) is 5.00. The molecule has 1 saturated carbocycles. The van der Waals surface area contributed by atoms with Crippen molar-refractivity contribution in [2.45, 2.75) is 43.8 Å². The molecule has 8 heteroatoms. The van der Waals surface area contributed by atoms with E-state index in [1.165, 1.54) is 7.11 Å². The molecule has 144 valence electrons. The van der Waals surface area contributed by atoms with Crippen LogP contribution in [-0.4, -0.2) is 44.1 Å². The number of carbonyl (C=O) groups is 1. The Labute approximate surface area is 159 Å². The van der Waals surface area contributed by atoms with Crippen LogP contribution in [0.5, 0.6) is 5.75 Å². The molecule has 0 unspecified atom stereocenters. The van der Waals surface area contributed by atoms with E-state index in [0.29, 0.717) is 42.4 Å². The summed E-state index contributed by atoms with van der Waals surface area (Å²) in [6, 6.07) is 5.11. The normalized spacial score (nSPS) is 21.4. The summed E-state index contributed by atoms with van der Waals surface area (Å²) in [5, 5.41) is 3.11. The van der Waals surface area contributed by atoms with Crippen LogP contribution in [0.1, 0.15) is 38.5 Å². The first kappa shape index (κ1) is 19.5. The quantitative estimate of drug-likeness (QED) is 0.762. The number of hydrogen-bond acceptors (Lipinski definition) is 4. The standard InChI is InChI=1S/C18H25ClN2O4S/c1-25-17-8-5-14(11-16(17)19)20-18(22)9-4-13-3-2-10-21(12-13)26(23,24)15-6-7-15/h5,8,11,13,15H,2-4,6-7,9-10,12H2,1H3,(H,20,22)/t13-/m0/s1. The van der Waals surface area contributed by atoms with E-state index in [-0.39, 0.29) is 17.1 Å². The Morgan fingerprint density at radius 2 is 2.12 bits per heavy atom. The van der Waals surface area contributed by atoms with Crippen LogP contribution in [0.25, 0.3) is 0 Å². The molecule has 2 fully saturated rings. The molecule has 26 heavy (non-hydrogen) atoms. The monoisotopic (exact) mass is 400 g/mol. The second kappa shape index (κ2) is 8.15. The maximum atomic E-state index is 12.4. The predicted molar refractivity (Wildman–Crippen MR) is 102 cm³/mol. The Balaban J connectivity index is 1.49. The minimum absolute atomic E-state index is 0.0894. The van der Waals surface area contributed by atoms with E-state index in [1.54, 1.807) is 22.5 Å². The molecule has 3 rings (SSSR count). The Kier molecular flexibility index (Phi) is 6.10. The van der Waals surface area contributed by atoms with Gasteiger partial charge in [-0.1, -0.05) is 11.6 Å². The summed E-state index contributed by atoms with van der Waals surface area (Å²) in [6.45, 7) is 1.16. The van der Waals surface area contributed by atoms with E-state index < -0.39 is 10.0 Å². The number of piperidine rings is 1. The lowest BCUT2D eigenvalue weighted by Gasteiger charge is -2.32. The van der Waals surface area contributed by atoms with Crippen LogP contribution < -0.4 is 10.1 Å². The van der Waals surface area contributed by atoms with Crippen LogP contribution >= 0.6 is 11.6 Å².